The van der Waals surface area contributed by atoms with Crippen LogP contribution in [0.2, 0.25) is 0 Å². The van der Waals surface area contributed by atoms with Gasteiger partial charge in [0.1, 0.15) is 11.5 Å². The summed E-state index contributed by atoms with van der Waals surface area (Å²) in [6.45, 7) is 0.533. The van der Waals surface area contributed by atoms with Crippen molar-refractivity contribution in [3.05, 3.63) is 23.8 Å². The fraction of sp³-hybridized carbons (Fsp3) is 0.625. The summed E-state index contributed by atoms with van der Waals surface area (Å²) >= 11 is 1.91. The molecule has 21 heavy (non-hydrogen) atoms. The van der Waals surface area contributed by atoms with Crippen LogP contribution in [0.4, 0.5) is 0 Å². The van der Waals surface area contributed by atoms with Gasteiger partial charge in [0.2, 0.25) is 0 Å². The largest absolute Gasteiger partial charge is 0.497 e. The normalized spacial score (nSPS) is 23.0. The second-order valence-electron chi connectivity index (χ2n) is 5.34. The Morgan fingerprint density at radius 2 is 2.14 bits per heavy atom. The molecule has 1 saturated carbocycles. The molecule has 0 amide bonds. The molecule has 3 atom stereocenters. The summed E-state index contributed by atoms with van der Waals surface area (Å²) in [6.07, 6.45) is 5.27. The van der Waals surface area contributed by atoms with Crippen molar-refractivity contribution in [1.82, 2.24) is 5.32 Å². The molecule has 2 N–H and O–H groups in total. The number of rotatable bonds is 7. The maximum absolute atomic E-state index is 10.5. The van der Waals surface area contributed by atoms with E-state index in [0.717, 1.165) is 11.3 Å². The first-order chi connectivity index (χ1) is 10.2. The molecule has 3 unspecified atom stereocenters. The van der Waals surface area contributed by atoms with Gasteiger partial charge in [-0.1, -0.05) is 6.42 Å². The number of aliphatic hydroxyl groups is 1. The lowest BCUT2D eigenvalue weighted by Crippen LogP contribution is -2.36. The maximum Gasteiger partial charge on any atom is 0.124 e. The Labute approximate surface area is 131 Å². The van der Waals surface area contributed by atoms with Gasteiger partial charge in [-0.15, -0.1) is 0 Å². The van der Waals surface area contributed by atoms with E-state index < -0.39 is 6.10 Å². The van der Waals surface area contributed by atoms with Crippen molar-refractivity contribution in [2.24, 2.45) is 0 Å². The van der Waals surface area contributed by atoms with Crippen LogP contribution >= 0.6 is 11.8 Å². The Hall–Kier alpha value is -0.910. The molecule has 0 heterocycles. The third-order valence-electron chi connectivity index (χ3n) is 4.12. The smallest absolute Gasteiger partial charge is 0.124 e. The van der Waals surface area contributed by atoms with Crippen molar-refractivity contribution in [1.29, 1.82) is 0 Å². The van der Waals surface area contributed by atoms with E-state index in [1.54, 1.807) is 14.2 Å². The van der Waals surface area contributed by atoms with Crippen molar-refractivity contribution in [3.63, 3.8) is 0 Å². The molecule has 0 radical (unpaired) electrons. The van der Waals surface area contributed by atoms with Crippen LogP contribution in [0, 0.1) is 0 Å². The molecule has 0 spiro atoms. The molecular weight excluding hydrogens is 286 g/mol. The molecule has 1 aliphatic carbocycles. The number of nitrogens with one attached hydrogen (secondary N) is 1. The van der Waals surface area contributed by atoms with E-state index in [4.69, 9.17) is 9.47 Å². The van der Waals surface area contributed by atoms with Crippen LogP contribution < -0.4 is 14.8 Å². The van der Waals surface area contributed by atoms with Gasteiger partial charge in [-0.05, 0) is 37.3 Å². The molecule has 1 aromatic rings. The van der Waals surface area contributed by atoms with Crippen molar-refractivity contribution < 1.29 is 14.6 Å². The zero-order valence-electron chi connectivity index (χ0n) is 13.0. The first-order valence-electron chi connectivity index (χ1n) is 7.35. The van der Waals surface area contributed by atoms with Crippen LogP contribution in [-0.2, 0) is 0 Å². The summed E-state index contributed by atoms with van der Waals surface area (Å²) in [5, 5.41) is 14.6. The Morgan fingerprint density at radius 3 is 2.81 bits per heavy atom. The minimum atomic E-state index is -0.599. The first-order valence-corrected chi connectivity index (χ1v) is 8.64. The lowest BCUT2D eigenvalue weighted by atomic mass is 10.1. The predicted octanol–water partition coefficient (Wildman–Crippen LogP) is 2.61. The van der Waals surface area contributed by atoms with Crippen LogP contribution in [0.25, 0.3) is 0 Å². The fourth-order valence-electron chi connectivity index (χ4n) is 2.91. The second-order valence-corrected chi connectivity index (χ2v) is 6.42. The molecule has 0 aromatic heterocycles. The van der Waals surface area contributed by atoms with Crippen LogP contribution in [-0.4, -0.2) is 43.4 Å². The van der Waals surface area contributed by atoms with Crippen LogP contribution in [0.3, 0.4) is 0 Å². The third-order valence-corrected chi connectivity index (χ3v) is 5.29. The molecule has 0 bridgehead atoms. The average molecular weight is 311 g/mol. The average Bonchev–Trinajstić information content (AvgIpc) is 2.99. The Balaban J connectivity index is 2.00. The lowest BCUT2D eigenvalue weighted by Gasteiger charge is -2.22. The summed E-state index contributed by atoms with van der Waals surface area (Å²) in [7, 11) is 3.24. The summed E-state index contributed by atoms with van der Waals surface area (Å²) in [4.78, 5) is 0. The number of methoxy groups -OCH3 is 2. The number of ether oxygens (including phenoxy) is 2. The number of aliphatic hydroxyl groups excluding tert-OH is 1. The summed E-state index contributed by atoms with van der Waals surface area (Å²) in [6, 6.07) is 6.00. The molecule has 1 aromatic carbocycles. The molecule has 1 fully saturated rings. The van der Waals surface area contributed by atoms with E-state index in [0.29, 0.717) is 23.6 Å². The van der Waals surface area contributed by atoms with Gasteiger partial charge in [-0.3, -0.25) is 0 Å². The van der Waals surface area contributed by atoms with E-state index in [9.17, 15) is 5.11 Å². The standard InChI is InChI=1S/C16H25NO3S/c1-19-11-7-8-15(20-2)12(9-11)14(18)10-17-13-5-4-6-16(13)21-3/h7-9,13-14,16-18H,4-6,10H2,1-3H3. The van der Waals surface area contributed by atoms with Crippen molar-refractivity contribution in [2.75, 3.05) is 27.0 Å². The summed E-state index contributed by atoms with van der Waals surface area (Å²) in [5.41, 5.74) is 0.767. The number of thioether (sulfide) groups is 1. The van der Waals surface area contributed by atoms with Gasteiger partial charge in [0.15, 0.2) is 0 Å². The molecular formula is C16H25NO3S. The minimum Gasteiger partial charge on any atom is -0.497 e. The Morgan fingerprint density at radius 1 is 1.33 bits per heavy atom. The molecule has 118 valence electrons. The Bertz CT molecular complexity index is 455. The summed E-state index contributed by atoms with van der Waals surface area (Å²) < 4.78 is 10.6. The minimum absolute atomic E-state index is 0.492. The second kappa shape index (κ2) is 7.92. The first kappa shape index (κ1) is 16.5. The van der Waals surface area contributed by atoms with Crippen LogP contribution in [0.5, 0.6) is 11.5 Å². The zero-order chi connectivity index (χ0) is 15.2. The van der Waals surface area contributed by atoms with E-state index in [1.807, 2.05) is 30.0 Å². The molecule has 0 saturated heterocycles. The molecule has 0 aliphatic heterocycles. The van der Waals surface area contributed by atoms with E-state index in [2.05, 4.69) is 11.6 Å². The van der Waals surface area contributed by atoms with Gasteiger partial charge in [-0.25, -0.2) is 0 Å². The predicted molar refractivity (Wildman–Crippen MR) is 87.5 cm³/mol. The van der Waals surface area contributed by atoms with Gasteiger partial charge in [-0.2, -0.15) is 11.8 Å². The maximum atomic E-state index is 10.5. The van der Waals surface area contributed by atoms with E-state index in [-0.39, 0.29) is 0 Å². The van der Waals surface area contributed by atoms with E-state index >= 15 is 0 Å². The van der Waals surface area contributed by atoms with Crippen LogP contribution in [0.1, 0.15) is 30.9 Å². The lowest BCUT2D eigenvalue weighted by molar-refractivity contribution is 0.165. The van der Waals surface area contributed by atoms with Gasteiger partial charge < -0.3 is 19.9 Å². The highest BCUT2D eigenvalue weighted by molar-refractivity contribution is 7.99. The van der Waals surface area contributed by atoms with E-state index in [1.165, 1.54) is 19.3 Å². The topological polar surface area (TPSA) is 50.7 Å². The number of hydrogen-bond acceptors (Lipinski definition) is 5. The highest BCUT2D eigenvalue weighted by Gasteiger charge is 2.27. The van der Waals surface area contributed by atoms with Crippen molar-refractivity contribution in [3.8, 4) is 11.5 Å². The third kappa shape index (κ3) is 4.05. The molecule has 4 nitrogen and oxygen atoms in total. The van der Waals surface area contributed by atoms with Gasteiger partial charge in [0.25, 0.3) is 0 Å². The number of hydrogen-bond donors (Lipinski definition) is 2. The monoisotopic (exact) mass is 311 g/mol. The highest BCUT2D eigenvalue weighted by Crippen LogP contribution is 2.31. The van der Waals surface area contributed by atoms with Gasteiger partial charge in [0.05, 0.1) is 20.3 Å². The zero-order valence-corrected chi connectivity index (χ0v) is 13.8. The highest BCUT2D eigenvalue weighted by atomic mass is 32.2. The van der Waals surface area contributed by atoms with Crippen molar-refractivity contribution in [2.45, 2.75) is 36.7 Å². The molecule has 2 rings (SSSR count). The molecule has 1 aliphatic rings. The Kier molecular flexibility index (Phi) is 6.21. The molecule has 5 heteroatoms. The fourth-order valence-corrected chi connectivity index (χ4v) is 3.88. The number of benzene rings is 1. The van der Waals surface area contributed by atoms with Crippen LogP contribution in [0.15, 0.2) is 18.2 Å². The summed E-state index contributed by atoms with van der Waals surface area (Å²) in [5.74, 6) is 1.42. The SMILES string of the molecule is COc1ccc(OC)c(C(O)CNC2CCCC2SC)c1. The quantitative estimate of drug-likeness (QED) is 0.811. The van der Waals surface area contributed by atoms with Gasteiger partial charge in [0, 0.05) is 23.4 Å². The van der Waals surface area contributed by atoms with Gasteiger partial charge >= 0.3 is 0 Å². The van der Waals surface area contributed by atoms with Crippen molar-refractivity contribution >= 4 is 11.8 Å².